The largest absolute Gasteiger partial charge is 0.517 e. The maximum atomic E-state index is 12.5. The number of nitrogens with one attached hydrogen (secondary N) is 1. The first-order valence-corrected chi connectivity index (χ1v) is 15.9. The summed E-state index contributed by atoms with van der Waals surface area (Å²) in [5.41, 5.74) is 1.23. The van der Waals surface area contributed by atoms with Crippen molar-refractivity contribution in [2.75, 3.05) is 19.7 Å². The Balaban J connectivity index is 4.54. The summed E-state index contributed by atoms with van der Waals surface area (Å²) in [7, 11) is -4.29. The van der Waals surface area contributed by atoms with Crippen LogP contribution in [0.15, 0.2) is 0 Å². The Kier molecular flexibility index (Phi) is 13.1. The number of rotatable bonds is 15. The van der Waals surface area contributed by atoms with Crippen LogP contribution in [-0.2, 0) is 18.1 Å². The molecule has 168 valence electrons. The quantitative estimate of drug-likeness (QED) is 0.269. The molecule has 5 nitrogen and oxygen atoms in total. The average Bonchev–Trinajstić information content (AvgIpc) is 2.58. The monoisotopic (exact) mass is 433 g/mol. The molecule has 2 unspecified atom stereocenters. The van der Waals surface area contributed by atoms with Crippen LogP contribution in [0.25, 0.3) is 0 Å². The number of hydrogen-bond donors (Lipinski definition) is 1. The van der Waals surface area contributed by atoms with Crippen molar-refractivity contribution in [3.63, 3.8) is 0 Å². The molecule has 0 bridgehead atoms. The van der Waals surface area contributed by atoms with E-state index in [1.807, 2.05) is 6.92 Å². The molecule has 0 aromatic rings. The van der Waals surface area contributed by atoms with Gasteiger partial charge in [-0.3, -0.25) is 4.79 Å². The fourth-order valence-electron chi connectivity index (χ4n) is 4.29. The van der Waals surface area contributed by atoms with Gasteiger partial charge in [0.25, 0.3) is 8.32 Å². The lowest BCUT2D eigenvalue weighted by Crippen LogP contribution is -2.50. The van der Waals surface area contributed by atoms with Crippen LogP contribution in [0.5, 0.6) is 0 Å². The highest BCUT2D eigenvalue weighted by molar-refractivity contribution is 6.78. The van der Waals surface area contributed by atoms with Gasteiger partial charge in [-0.05, 0) is 62.4 Å². The van der Waals surface area contributed by atoms with Gasteiger partial charge in [-0.15, -0.1) is 0 Å². The second-order valence-electron chi connectivity index (χ2n) is 8.98. The fourth-order valence-corrected chi connectivity index (χ4v) is 12.2. The number of carbonyl (C=O) groups excluding carboxylic acids is 1. The maximum absolute atomic E-state index is 12.5. The Labute approximate surface area is 176 Å². The normalized spacial score (nSPS) is 15.9. The standard InChI is InChI=1S/C21H47NO4Si2/c1-11-20(9)25-27(10,24-12-2)15-13-14-22-16-21(23)26-28(17(3)4,18(5)6)19(7)8/h17-20,22H,11-16H2,1-10H3. The first-order valence-electron chi connectivity index (χ1n) is 11.2. The minimum absolute atomic E-state index is 0.108. The van der Waals surface area contributed by atoms with Crippen molar-refractivity contribution < 1.29 is 18.1 Å². The van der Waals surface area contributed by atoms with Gasteiger partial charge in [0.1, 0.15) is 0 Å². The Bertz CT molecular complexity index is 424. The zero-order valence-corrected chi connectivity index (χ0v) is 22.2. The summed E-state index contributed by atoms with van der Waals surface area (Å²) >= 11 is 0. The fraction of sp³-hybridized carbons (Fsp3) is 0.952. The van der Waals surface area contributed by atoms with Gasteiger partial charge < -0.3 is 18.6 Å². The van der Waals surface area contributed by atoms with Gasteiger partial charge in [0.15, 0.2) is 0 Å². The van der Waals surface area contributed by atoms with E-state index in [1.54, 1.807) is 0 Å². The lowest BCUT2D eigenvalue weighted by Gasteiger charge is -2.41. The topological polar surface area (TPSA) is 56.8 Å². The van der Waals surface area contributed by atoms with Crippen molar-refractivity contribution in [3.8, 4) is 0 Å². The van der Waals surface area contributed by atoms with Crippen molar-refractivity contribution in [3.05, 3.63) is 0 Å². The molecule has 0 amide bonds. The summed E-state index contributed by atoms with van der Waals surface area (Å²) in [4.78, 5) is 12.5. The third-order valence-electron chi connectivity index (χ3n) is 5.73. The van der Waals surface area contributed by atoms with Crippen LogP contribution in [0.2, 0.25) is 29.2 Å². The van der Waals surface area contributed by atoms with E-state index in [0.717, 1.165) is 25.4 Å². The molecule has 0 aliphatic heterocycles. The summed E-state index contributed by atoms with van der Waals surface area (Å²) in [5.74, 6) is -0.108. The van der Waals surface area contributed by atoms with Crippen molar-refractivity contribution >= 4 is 22.8 Å². The highest BCUT2D eigenvalue weighted by Gasteiger charge is 2.48. The molecule has 0 aromatic heterocycles. The maximum Gasteiger partial charge on any atom is 0.335 e. The molecule has 28 heavy (non-hydrogen) atoms. The van der Waals surface area contributed by atoms with Crippen LogP contribution in [0, 0.1) is 0 Å². The summed E-state index contributed by atoms with van der Waals surface area (Å²) in [6.07, 6.45) is 2.16. The van der Waals surface area contributed by atoms with E-state index in [2.05, 4.69) is 67.3 Å². The molecule has 0 rings (SSSR count). The van der Waals surface area contributed by atoms with Gasteiger partial charge in [0.05, 0.1) is 6.54 Å². The molecule has 2 atom stereocenters. The van der Waals surface area contributed by atoms with Gasteiger partial charge in [0.2, 0.25) is 0 Å². The van der Waals surface area contributed by atoms with Gasteiger partial charge >= 0.3 is 14.5 Å². The first-order chi connectivity index (χ1) is 12.9. The summed E-state index contributed by atoms with van der Waals surface area (Å²) in [6.45, 7) is 23.3. The SMILES string of the molecule is CCO[Si](C)(CCCNCC(=O)O[Si](C(C)C)(C(C)C)C(C)C)OC(C)CC. The van der Waals surface area contributed by atoms with E-state index in [1.165, 1.54) is 0 Å². The van der Waals surface area contributed by atoms with Crippen molar-refractivity contribution in [2.45, 2.75) is 110 Å². The molecule has 7 heteroatoms. The van der Waals surface area contributed by atoms with Crippen LogP contribution in [-0.4, -0.2) is 48.6 Å². The molecule has 0 fully saturated rings. The third-order valence-corrected chi connectivity index (χ3v) is 14.8. The second kappa shape index (κ2) is 13.2. The van der Waals surface area contributed by atoms with E-state index in [9.17, 15) is 4.79 Å². The van der Waals surface area contributed by atoms with Gasteiger partial charge in [-0.2, -0.15) is 0 Å². The molecule has 0 aliphatic rings. The smallest absolute Gasteiger partial charge is 0.335 e. The molecular weight excluding hydrogens is 386 g/mol. The minimum Gasteiger partial charge on any atom is -0.517 e. The van der Waals surface area contributed by atoms with Gasteiger partial charge in [-0.25, -0.2) is 0 Å². The molecule has 0 saturated carbocycles. The Hall–Kier alpha value is -0.216. The van der Waals surface area contributed by atoms with E-state index in [-0.39, 0.29) is 18.6 Å². The molecule has 0 aliphatic carbocycles. The summed E-state index contributed by atoms with van der Waals surface area (Å²) in [6, 6.07) is 0.926. The van der Waals surface area contributed by atoms with E-state index in [0.29, 0.717) is 23.2 Å². The highest BCUT2D eigenvalue weighted by Crippen LogP contribution is 2.42. The zero-order chi connectivity index (χ0) is 22.0. The lowest BCUT2D eigenvalue weighted by atomic mass is 10.3. The Morgan fingerprint density at radius 3 is 1.93 bits per heavy atom. The summed E-state index contributed by atoms with van der Waals surface area (Å²) in [5, 5.41) is 3.27. The van der Waals surface area contributed by atoms with E-state index < -0.39 is 16.9 Å². The molecule has 0 radical (unpaired) electrons. The lowest BCUT2D eigenvalue weighted by molar-refractivity contribution is -0.134. The van der Waals surface area contributed by atoms with Crippen LogP contribution in [0.4, 0.5) is 0 Å². The molecule has 0 aromatic carbocycles. The van der Waals surface area contributed by atoms with Crippen LogP contribution >= 0.6 is 0 Å². The molecule has 0 saturated heterocycles. The van der Waals surface area contributed by atoms with Crippen molar-refractivity contribution in [1.82, 2.24) is 5.32 Å². The third kappa shape index (κ3) is 8.65. The molecule has 0 spiro atoms. The molecule has 1 N–H and O–H groups in total. The zero-order valence-electron chi connectivity index (χ0n) is 20.2. The molecular formula is C21H47NO4Si2. The van der Waals surface area contributed by atoms with Crippen molar-refractivity contribution in [1.29, 1.82) is 0 Å². The second-order valence-corrected chi connectivity index (χ2v) is 17.6. The van der Waals surface area contributed by atoms with E-state index in [4.69, 9.17) is 13.3 Å². The van der Waals surface area contributed by atoms with Gasteiger partial charge in [-0.1, -0.05) is 48.5 Å². The number of hydrogen-bond acceptors (Lipinski definition) is 5. The van der Waals surface area contributed by atoms with Crippen LogP contribution < -0.4 is 5.32 Å². The van der Waals surface area contributed by atoms with Gasteiger partial charge in [0, 0.05) is 12.7 Å². The number of carbonyl (C=O) groups is 1. The Morgan fingerprint density at radius 1 is 0.964 bits per heavy atom. The van der Waals surface area contributed by atoms with Crippen LogP contribution in [0.1, 0.15) is 75.2 Å². The van der Waals surface area contributed by atoms with E-state index >= 15 is 0 Å². The molecule has 0 heterocycles. The Morgan fingerprint density at radius 2 is 1.50 bits per heavy atom. The minimum atomic E-state index is -2.15. The average molecular weight is 434 g/mol. The highest BCUT2D eigenvalue weighted by atomic mass is 28.4. The predicted octanol–water partition coefficient (Wildman–Crippen LogP) is 5.61. The summed E-state index contributed by atoms with van der Waals surface area (Å²) < 4.78 is 18.4. The van der Waals surface area contributed by atoms with Crippen molar-refractivity contribution in [2.24, 2.45) is 0 Å². The van der Waals surface area contributed by atoms with Crippen LogP contribution in [0.3, 0.4) is 0 Å². The first kappa shape index (κ1) is 27.8. The predicted molar refractivity (Wildman–Crippen MR) is 124 cm³/mol.